The molecule has 1 aromatic heterocycles. The zero-order valence-corrected chi connectivity index (χ0v) is 15.9. The zero-order chi connectivity index (χ0) is 19.3. The van der Waals surface area contributed by atoms with E-state index in [0.29, 0.717) is 23.6 Å². The van der Waals surface area contributed by atoms with Gasteiger partial charge in [0, 0.05) is 23.7 Å². The third kappa shape index (κ3) is 4.94. The number of pyridine rings is 1. The number of rotatable bonds is 6. The van der Waals surface area contributed by atoms with Gasteiger partial charge in [0.1, 0.15) is 11.5 Å². The molecular weight excluding hydrogens is 336 g/mol. The quantitative estimate of drug-likeness (QED) is 0.681. The Bertz CT molecular complexity index is 886. The van der Waals surface area contributed by atoms with Crippen LogP contribution in [0.2, 0.25) is 0 Å². The summed E-state index contributed by atoms with van der Waals surface area (Å²) in [5.41, 5.74) is 2.89. The second kappa shape index (κ2) is 8.04. The Morgan fingerprint density at radius 2 is 1.70 bits per heavy atom. The van der Waals surface area contributed by atoms with Crippen LogP contribution in [-0.4, -0.2) is 17.4 Å². The maximum absolute atomic E-state index is 12.5. The van der Waals surface area contributed by atoms with Gasteiger partial charge in [0.15, 0.2) is 0 Å². The van der Waals surface area contributed by atoms with Crippen LogP contribution in [0.15, 0.2) is 73.1 Å². The highest BCUT2D eigenvalue weighted by Gasteiger charge is 2.21. The predicted octanol–water partition coefficient (Wildman–Crippen LogP) is 4.89. The summed E-state index contributed by atoms with van der Waals surface area (Å²) < 4.78 is 5.70. The number of hydrogen-bond acceptors (Lipinski definition) is 3. The normalized spacial score (nSPS) is 11.1. The molecule has 0 radical (unpaired) electrons. The van der Waals surface area contributed by atoms with Crippen LogP contribution >= 0.6 is 0 Å². The van der Waals surface area contributed by atoms with Gasteiger partial charge in [0.2, 0.25) is 0 Å². The Labute approximate surface area is 160 Å². The number of nitrogens with zero attached hydrogens (tertiary/aromatic N) is 1. The highest BCUT2D eigenvalue weighted by molar-refractivity contribution is 5.94. The smallest absolute Gasteiger partial charge is 0.251 e. The van der Waals surface area contributed by atoms with Crippen LogP contribution in [0.4, 0.5) is 0 Å². The largest absolute Gasteiger partial charge is 0.456 e. The second-order valence-electron chi connectivity index (χ2n) is 7.25. The molecule has 0 aliphatic rings. The molecule has 3 rings (SSSR count). The number of amides is 1. The van der Waals surface area contributed by atoms with Gasteiger partial charge in [-0.1, -0.05) is 43.7 Å². The molecule has 0 aliphatic carbocycles. The van der Waals surface area contributed by atoms with Crippen molar-refractivity contribution in [3.8, 4) is 11.5 Å². The van der Waals surface area contributed by atoms with Crippen LogP contribution in [0.25, 0.3) is 0 Å². The van der Waals surface area contributed by atoms with Gasteiger partial charge in [0.05, 0.1) is 6.20 Å². The number of ether oxygens (including phenoxy) is 1. The van der Waals surface area contributed by atoms with E-state index < -0.39 is 0 Å². The zero-order valence-electron chi connectivity index (χ0n) is 15.9. The Morgan fingerprint density at radius 3 is 2.33 bits per heavy atom. The first-order valence-electron chi connectivity index (χ1n) is 8.97. The van der Waals surface area contributed by atoms with Crippen LogP contribution in [0, 0.1) is 6.92 Å². The number of benzene rings is 2. The summed E-state index contributed by atoms with van der Waals surface area (Å²) in [7, 11) is 0. The van der Waals surface area contributed by atoms with E-state index >= 15 is 0 Å². The molecule has 4 heteroatoms. The van der Waals surface area contributed by atoms with E-state index in [9.17, 15) is 4.79 Å². The van der Waals surface area contributed by atoms with E-state index in [-0.39, 0.29) is 11.3 Å². The minimum atomic E-state index is -0.146. The molecule has 2 aromatic carbocycles. The van der Waals surface area contributed by atoms with Gasteiger partial charge in [0.25, 0.3) is 5.91 Å². The predicted molar refractivity (Wildman–Crippen MR) is 107 cm³/mol. The van der Waals surface area contributed by atoms with Crippen molar-refractivity contribution < 1.29 is 9.53 Å². The van der Waals surface area contributed by atoms with E-state index in [1.54, 1.807) is 36.7 Å². The highest BCUT2D eigenvalue weighted by atomic mass is 16.5. The third-order valence-corrected chi connectivity index (χ3v) is 4.51. The number of hydrogen-bond donors (Lipinski definition) is 1. The van der Waals surface area contributed by atoms with Gasteiger partial charge >= 0.3 is 0 Å². The lowest BCUT2D eigenvalue weighted by atomic mass is 9.84. The Kier molecular flexibility index (Phi) is 5.55. The molecule has 0 fully saturated rings. The highest BCUT2D eigenvalue weighted by Crippen LogP contribution is 2.23. The molecule has 0 bridgehead atoms. The summed E-state index contributed by atoms with van der Waals surface area (Å²) in [4.78, 5) is 16.5. The van der Waals surface area contributed by atoms with Gasteiger partial charge in [-0.25, -0.2) is 0 Å². The topological polar surface area (TPSA) is 51.2 Å². The van der Waals surface area contributed by atoms with Crippen LogP contribution in [0.1, 0.15) is 35.3 Å². The number of carbonyl (C=O) groups excluding carboxylic acids is 1. The molecule has 3 aromatic rings. The Hall–Kier alpha value is -3.14. The lowest BCUT2D eigenvalue weighted by Gasteiger charge is -2.26. The fourth-order valence-electron chi connectivity index (χ4n) is 2.73. The van der Waals surface area contributed by atoms with Crippen LogP contribution < -0.4 is 10.1 Å². The molecule has 0 aliphatic heterocycles. The van der Waals surface area contributed by atoms with Crippen molar-refractivity contribution in [1.82, 2.24) is 10.3 Å². The molecular formula is C23H24N2O2. The maximum Gasteiger partial charge on any atom is 0.251 e. The summed E-state index contributed by atoms with van der Waals surface area (Å²) in [5, 5.41) is 3.03. The molecule has 27 heavy (non-hydrogen) atoms. The van der Waals surface area contributed by atoms with Crippen LogP contribution in [-0.2, 0) is 5.41 Å². The van der Waals surface area contributed by atoms with Crippen molar-refractivity contribution in [3.63, 3.8) is 0 Å². The van der Waals surface area contributed by atoms with E-state index in [1.807, 2.05) is 12.1 Å². The summed E-state index contributed by atoms with van der Waals surface area (Å²) in [5.74, 6) is 1.23. The first kappa shape index (κ1) is 18.6. The molecule has 138 valence electrons. The molecule has 4 nitrogen and oxygen atoms in total. The van der Waals surface area contributed by atoms with E-state index in [1.165, 1.54) is 11.1 Å². The molecule has 0 saturated carbocycles. The van der Waals surface area contributed by atoms with Crippen molar-refractivity contribution in [2.45, 2.75) is 26.2 Å². The molecule has 1 heterocycles. The molecule has 0 saturated heterocycles. The van der Waals surface area contributed by atoms with Gasteiger partial charge in [-0.3, -0.25) is 9.78 Å². The van der Waals surface area contributed by atoms with Gasteiger partial charge < -0.3 is 10.1 Å². The summed E-state index contributed by atoms with van der Waals surface area (Å²) in [6.45, 7) is 6.88. The van der Waals surface area contributed by atoms with Crippen LogP contribution in [0.3, 0.4) is 0 Å². The molecule has 0 spiro atoms. The van der Waals surface area contributed by atoms with Crippen molar-refractivity contribution in [2.24, 2.45) is 0 Å². The molecule has 1 N–H and O–H groups in total. The number of aromatic nitrogens is 1. The average molecular weight is 360 g/mol. The fourth-order valence-corrected chi connectivity index (χ4v) is 2.73. The molecule has 1 amide bonds. The van der Waals surface area contributed by atoms with Crippen molar-refractivity contribution in [2.75, 3.05) is 6.54 Å². The minimum absolute atomic E-state index is 0.0943. The minimum Gasteiger partial charge on any atom is -0.456 e. The first-order chi connectivity index (χ1) is 12.9. The summed E-state index contributed by atoms with van der Waals surface area (Å²) in [6.07, 6.45) is 3.34. The Balaban J connectivity index is 1.60. The molecule has 0 unspecified atom stereocenters. The maximum atomic E-state index is 12.5. The monoisotopic (exact) mass is 360 g/mol. The average Bonchev–Trinajstić information content (AvgIpc) is 2.68. The third-order valence-electron chi connectivity index (χ3n) is 4.51. The number of carbonyl (C=O) groups is 1. The SMILES string of the molecule is Cc1ccc(C(C)(C)CNC(=O)c2ccc(Oc3cccnc3)cc2)cc1. The van der Waals surface area contributed by atoms with Crippen LogP contribution in [0.5, 0.6) is 11.5 Å². The lowest BCUT2D eigenvalue weighted by molar-refractivity contribution is 0.0945. The second-order valence-corrected chi connectivity index (χ2v) is 7.25. The lowest BCUT2D eigenvalue weighted by Crippen LogP contribution is -2.36. The number of nitrogens with one attached hydrogen (secondary N) is 1. The Morgan fingerprint density at radius 1 is 1.00 bits per heavy atom. The summed E-state index contributed by atoms with van der Waals surface area (Å²) in [6, 6.07) is 19.2. The van der Waals surface area contributed by atoms with Crippen molar-refractivity contribution >= 4 is 5.91 Å². The number of aryl methyl sites for hydroxylation is 1. The van der Waals surface area contributed by atoms with Gasteiger partial charge in [-0.2, -0.15) is 0 Å². The van der Waals surface area contributed by atoms with Crippen molar-refractivity contribution in [3.05, 3.63) is 89.7 Å². The standard InChI is InChI=1S/C23H24N2O2/c1-17-6-10-19(11-7-17)23(2,3)16-25-22(26)18-8-12-20(13-9-18)27-21-5-4-14-24-15-21/h4-15H,16H2,1-3H3,(H,25,26). The van der Waals surface area contributed by atoms with Crippen molar-refractivity contribution in [1.29, 1.82) is 0 Å². The van der Waals surface area contributed by atoms with Gasteiger partial charge in [-0.15, -0.1) is 0 Å². The molecule has 0 atom stereocenters. The van der Waals surface area contributed by atoms with E-state index in [0.717, 1.165) is 0 Å². The van der Waals surface area contributed by atoms with E-state index in [2.05, 4.69) is 55.3 Å². The van der Waals surface area contributed by atoms with E-state index in [4.69, 9.17) is 4.74 Å². The fraction of sp³-hybridized carbons (Fsp3) is 0.217. The first-order valence-corrected chi connectivity index (χ1v) is 8.97. The van der Waals surface area contributed by atoms with Gasteiger partial charge in [-0.05, 0) is 48.9 Å². The summed E-state index contributed by atoms with van der Waals surface area (Å²) >= 11 is 0.